The first-order chi connectivity index (χ1) is 10.5. The summed E-state index contributed by atoms with van der Waals surface area (Å²) in [6.45, 7) is 5.92. The Balaban J connectivity index is 2.35. The molecule has 2 rings (SSSR count). The number of carbonyl (C=O) groups excluding carboxylic acids is 1. The van der Waals surface area contributed by atoms with Gasteiger partial charge in [-0.15, -0.1) is 0 Å². The Labute approximate surface area is 133 Å². The Bertz CT molecular complexity index is 667. The summed E-state index contributed by atoms with van der Waals surface area (Å²) in [6.07, 6.45) is 6.22. The maximum Gasteiger partial charge on any atom is 0.240 e. The molecule has 1 aliphatic carbocycles. The van der Waals surface area contributed by atoms with E-state index in [4.69, 9.17) is 4.74 Å². The molecule has 0 spiro atoms. The molecule has 2 atom stereocenters. The number of rotatable bonds is 3. The Morgan fingerprint density at radius 2 is 2.23 bits per heavy atom. The Morgan fingerprint density at radius 1 is 1.50 bits per heavy atom. The third kappa shape index (κ3) is 3.27. The number of carbonyl (C=O) groups is 1. The average Bonchev–Trinajstić information content (AvgIpc) is 2.48. The zero-order valence-electron chi connectivity index (χ0n) is 13.2. The van der Waals surface area contributed by atoms with Crippen LogP contribution in [0.2, 0.25) is 0 Å². The summed E-state index contributed by atoms with van der Waals surface area (Å²) >= 11 is 0.458. The van der Waals surface area contributed by atoms with E-state index in [-0.39, 0.29) is 17.7 Å². The van der Waals surface area contributed by atoms with Crippen molar-refractivity contribution in [1.82, 2.24) is 5.43 Å². The number of allylic oxidation sites excluding steroid dienone is 6. The van der Waals surface area contributed by atoms with E-state index < -0.39 is 0 Å². The molecule has 0 saturated heterocycles. The highest BCUT2D eigenvalue weighted by Gasteiger charge is 2.26. The van der Waals surface area contributed by atoms with E-state index in [2.05, 4.69) is 10.5 Å². The lowest BCUT2D eigenvalue weighted by atomic mass is 9.86. The molecule has 0 bridgehead atoms. The maximum absolute atomic E-state index is 11.5. The fraction of sp³-hybridized carbons (Fsp3) is 0.438. The van der Waals surface area contributed by atoms with Crippen molar-refractivity contribution in [3.05, 3.63) is 35.1 Å². The van der Waals surface area contributed by atoms with Crippen molar-refractivity contribution in [3.8, 4) is 0 Å². The summed E-state index contributed by atoms with van der Waals surface area (Å²) in [5.74, 6) is 0.491. The molecule has 118 valence electrons. The van der Waals surface area contributed by atoms with Crippen LogP contribution in [0.1, 0.15) is 27.2 Å². The third-order valence-electron chi connectivity index (χ3n) is 3.90. The largest absolute Gasteiger partial charge is 0.495 e. The van der Waals surface area contributed by atoms with Gasteiger partial charge in [-0.2, -0.15) is 5.10 Å². The van der Waals surface area contributed by atoms with Gasteiger partial charge in [-0.05, 0) is 25.5 Å². The monoisotopic (exact) mass is 320 g/mol. The zero-order chi connectivity index (χ0) is 16.3. The smallest absolute Gasteiger partial charge is 0.240 e. The molecule has 0 aromatic heterocycles. The van der Waals surface area contributed by atoms with Gasteiger partial charge in [-0.1, -0.05) is 24.6 Å². The normalized spacial score (nSPS) is 25.8. The van der Waals surface area contributed by atoms with Crippen LogP contribution in [-0.4, -0.2) is 27.8 Å². The Kier molecular flexibility index (Phi) is 5.13. The molecule has 0 aromatic carbocycles. The zero-order valence-corrected chi connectivity index (χ0v) is 14.0. The quantitative estimate of drug-likeness (QED) is 0.808. The number of hydrazone groups is 1. The predicted molar refractivity (Wildman–Crippen MR) is 88.6 cm³/mol. The standard InChI is InChI=1S/C16H20N2O3S/c1-9-5-6-13(21-4)16(22-20)12(9)7-10(2)15-11(3)8-14(19)17-18-15/h5-7,11-12H,8H2,1-4H3,(H,17,19). The molecule has 0 fully saturated rings. The molecule has 22 heavy (non-hydrogen) atoms. The van der Waals surface area contributed by atoms with Crippen LogP contribution < -0.4 is 5.43 Å². The Morgan fingerprint density at radius 3 is 2.82 bits per heavy atom. The van der Waals surface area contributed by atoms with Gasteiger partial charge in [0.15, 0.2) is 0 Å². The van der Waals surface area contributed by atoms with E-state index in [0.717, 1.165) is 16.9 Å². The summed E-state index contributed by atoms with van der Waals surface area (Å²) in [5, 5.41) is 4.16. The second-order valence-corrected chi connectivity index (χ2v) is 6.16. The summed E-state index contributed by atoms with van der Waals surface area (Å²) in [6, 6.07) is 0. The number of hydrogen-bond acceptors (Lipinski definition) is 4. The van der Waals surface area contributed by atoms with Crippen LogP contribution in [0, 0.1) is 11.8 Å². The first-order valence-electron chi connectivity index (χ1n) is 7.12. The van der Waals surface area contributed by atoms with Gasteiger partial charge in [0.05, 0.1) is 28.9 Å². The van der Waals surface area contributed by atoms with E-state index in [1.807, 2.05) is 39.0 Å². The van der Waals surface area contributed by atoms with Crippen LogP contribution >= 0.6 is 0 Å². The number of hydrogen-bond donors (Lipinski definition) is 1. The van der Waals surface area contributed by atoms with Gasteiger partial charge in [0.2, 0.25) is 5.91 Å². The third-order valence-corrected chi connectivity index (χ3v) is 4.54. The van der Waals surface area contributed by atoms with Crippen molar-refractivity contribution >= 4 is 27.7 Å². The highest BCUT2D eigenvalue weighted by atomic mass is 32.1. The van der Waals surface area contributed by atoms with Crippen molar-refractivity contribution in [1.29, 1.82) is 0 Å². The number of nitrogens with zero attached hydrogens (tertiary/aromatic N) is 1. The number of methoxy groups -OCH3 is 1. The minimum absolute atomic E-state index is 0.0650. The molecular formula is C16H20N2O3S. The van der Waals surface area contributed by atoms with E-state index in [1.165, 1.54) is 0 Å². The van der Waals surface area contributed by atoms with E-state index in [0.29, 0.717) is 28.3 Å². The van der Waals surface area contributed by atoms with Crippen molar-refractivity contribution < 1.29 is 13.7 Å². The van der Waals surface area contributed by atoms with Gasteiger partial charge in [0.25, 0.3) is 0 Å². The lowest BCUT2D eigenvalue weighted by Crippen LogP contribution is -2.32. The molecule has 1 aliphatic heterocycles. The molecular weight excluding hydrogens is 300 g/mol. The SMILES string of the molecule is COC1=CC=C(C)C(C=C(C)C2=NNC(=O)CC2C)C1=S=O. The minimum atomic E-state index is -0.116. The van der Waals surface area contributed by atoms with E-state index in [1.54, 1.807) is 7.11 Å². The number of nitrogens with one attached hydrogen (secondary N) is 1. The van der Waals surface area contributed by atoms with Crippen molar-refractivity contribution in [2.45, 2.75) is 27.2 Å². The van der Waals surface area contributed by atoms with Crippen LogP contribution in [0.15, 0.2) is 40.2 Å². The van der Waals surface area contributed by atoms with Gasteiger partial charge in [0, 0.05) is 18.3 Å². The topological polar surface area (TPSA) is 67.8 Å². The molecule has 6 heteroatoms. The lowest BCUT2D eigenvalue weighted by molar-refractivity contribution is -0.121. The fourth-order valence-corrected chi connectivity index (χ4v) is 3.28. The van der Waals surface area contributed by atoms with Crippen LogP contribution in [-0.2, 0) is 20.8 Å². The molecule has 2 unspecified atom stereocenters. The predicted octanol–water partition coefficient (Wildman–Crippen LogP) is 1.94. The minimum Gasteiger partial charge on any atom is -0.495 e. The molecule has 0 radical (unpaired) electrons. The highest BCUT2D eigenvalue weighted by Crippen LogP contribution is 2.26. The molecule has 5 nitrogen and oxygen atoms in total. The van der Waals surface area contributed by atoms with Crippen LogP contribution in [0.4, 0.5) is 0 Å². The van der Waals surface area contributed by atoms with E-state index >= 15 is 0 Å². The summed E-state index contributed by atoms with van der Waals surface area (Å²) in [7, 11) is 1.56. The number of ether oxygens (including phenoxy) is 1. The Hall–Kier alpha value is -1.95. The van der Waals surface area contributed by atoms with Crippen LogP contribution in [0.5, 0.6) is 0 Å². The first kappa shape index (κ1) is 16.4. The maximum atomic E-state index is 11.5. The molecule has 1 N–H and O–H groups in total. The van der Waals surface area contributed by atoms with E-state index in [9.17, 15) is 9.00 Å². The van der Waals surface area contributed by atoms with Crippen molar-refractivity contribution in [2.75, 3.05) is 7.11 Å². The lowest BCUT2D eigenvalue weighted by Gasteiger charge is -2.23. The molecule has 0 saturated carbocycles. The fourth-order valence-electron chi connectivity index (χ4n) is 2.69. The van der Waals surface area contributed by atoms with Crippen LogP contribution in [0.25, 0.3) is 0 Å². The van der Waals surface area contributed by atoms with Gasteiger partial charge < -0.3 is 4.74 Å². The summed E-state index contributed by atoms with van der Waals surface area (Å²) in [4.78, 5) is 12.0. The van der Waals surface area contributed by atoms with Gasteiger partial charge >= 0.3 is 0 Å². The molecule has 1 heterocycles. The van der Waals surface area contributed by atoms with Crippen LogP contribution in [0.3, 0.4) is 0 Å². The molecule has 0 aromatic rings. The average molecular weight is 320 g/mol. The second kappa shape index (κ2) is 6.87. The van der Waals surface area contributed by atoms with Gasteiger partial charge in [0.1, 0.15) is 5.76 Å². The van der Waals surface area contributed by atoms with Crippen molar-refractivity contribution in [2.24, 2.45) is 16.9 Å². The highest BCUT2D eigenvalue weighted by molar-refractivity contribution is 7.67. The van der Waals surface area contributed by atoms with Gasteiger partial charge in [-0.25, -0.2) is 9.63 Å². The van der Waals surface area contributed by atoms with Crippen molar-refractivity contribution in [3.63, 3.8) is 0 Å². The molecule has 2 aliphatic rings. The number of amides is 1. The summed E-state index contributed by atoms with van der Waals surface area (Å²) < 4.78 is 16.8. The van der Waals surface area contributed by atoms with Gasteiger partial charge in [-0.3, -0.25) is 4.79 Å². The first-order valence-corrected chi connectivity index (χ1v) is 7.86. The summed E-state index contributed by atoms with van der Waals surface area (Å²) in [5.41, 5.74) is 5.42. The second-order valence-electron chi connectivity index (χ2n) is 5.56. The molecule has 1 amide bonds.